The summed E-state index contributed by atoms with van der Waals surface area (Å²) in [6.45, 7) is 2.74. The maximum atomic E-state index is 10.7. The van der Waals surface area contributed by atoms with Crippen molar-refractivity contribution in [1.29, 1.82) is 0 Å². The molecule has 0 amide bonds. The Hall–Kier alpha value is -2.47. The second-order valence-corrected chi connectivity index (χ2v) is 6.89. The molecule has 0 saturated heterocycles. The van der Waals surface area contributed by atoms with E-state index < -0.39 is 5.97 Å². The van der Waals surface area contributed by atoms with E-state index in [1.54, 1.807) is 11.3 Å². The van der Waals surface area contributed by atoms with E-state index in [-0.39, 0.29) is 6.42 Å². The molecule has 1 aromatic carbocycles. The molecule has 0 unspecified atom stereocenters. The molecule has 0 fully saturated rings. The van der Waals surface area contributed by atoms with Crippen LogP contribution in [0.4, 0.5) is 5.82 Å². The zero-order valence-corrected chi connectivity index (χ0v) is 14.3. The highest BCUT2D eigenvalue weighted by Crippen LogP contribution is 2.29. The first-order chi connectivity index (χ1) is 11.6. The third-order valence-corrected chi connectivity index (χ3v) is 4.60. The van der Waals surface area contributed by atoms with Gasteiger partial charge in [0.15, 0.2) is 0 Å². The summed E-state index contributed by atoms with van der Waals surface area (Å²) in [4.78, 5) is 22.0. The summed E-state index contributed by atoms with van der Waals surface area (Å²) in [7, 11) is 0. The summed E-state index contributed by atoms with van der Waals surface area (Å²) in [5, 5.41) is 13.2. The van der Waals surface area contributed by atoms with Gasteiger partial charge in [-0.3, -0.25) is 4.79 Å². The van der Waals surface area contributed by atoms with E-state index in [1.165, 1.54) is 10.4 Å². The van der Waals surface area contributed by atoms with Gasteiger partial charge in [0.1, 0.15) is 16.5 Å². The zero-order valence-electron chi connectivity index (χ0n) is 13.5. The first-order valence-corrected chi connectivity index (χ1v) is 8.70. The Balaban J connectivity index is 1.82. The lowest BCUT2D eigenvalue weighted by molar-refractivity contribution is -0.137. The Bertz CT molecular complexity index is 846. The molecule has 0 spiro atoms. The number of carbonyl (C=O) groups is 1. The van der Waals surface area contributed by atoms with Gasteiger partial charge in [0.05, 0.1) is 5.39 Å². The fourth-order valence-corrected chi connectivity index (χ4v) is 3.41. The Morgan fingerprint density at radius 3 is 2.79 bits per heavy atom. The third kappa shape index (κ3) is 4.08. The van der Waals surface area contributed by atoms with Crippen LogP contribution in [0, 0.1) is 6.92 Å². The molecule has 0 bridgehead atoms. The number of aryl methyl sites for hydroxylation is 2. The van der Waals surface area contributed by atoms with Crippen LogP contribution in [0.25, 0.3) is 10.2 Å². The lowest BCUT2D eigenvalue weighted by atomic mass is 10.2. The molecule has 3 rings (SSSR count). The Morgan fingerprint density at radius 2 is 2.04 bits per heavy atom. The largest absolute Gasteiger partial charge is 0.481 e. The van der Waals surface area contributed by atoms with Gasteiger partial charge in [-0.1, -0.05) is 30.3 Å². The number of nitrogens with zero attached hydrogens (tertiary/aromatic N) is 2. The Morgan fingerprint density at radius 1 is 1.25 bits per heavy atom. The van der Waals surface area contributed by atoms with Crippen LogP contribution in [0.5, 0.6) is 0 Å². The molecule has 2 heterocycles. The number of hydrogen-bond acceptors (Lipinski definition) is 5. The summed E-state index contributed by atoms with van der Waals surface area (Å²) < 4.78 is 0. The topological polar surface area (TPSA) is 75.1 Å². The fourth-order valence-electron chi connectivity index (χ4n) is 2.51. The van der Waals surface area contributed by atoms with Crippen molar-refractivity contribution < 1.29 is 9.90 Å². The number of aromatic nitrogens is 2. The molecule has 2 N–H and O–H groups in total. The van der Waals surface area contributed by atoms with Crippen LogP contribution in [-0.4, -0.2) is 21.0 Å². The SMILES string of the molecule is Cc1cc2c(NCc3ccccc3)nc(CCCC(=O)O)nc2s1. The number of thiophene rings is 1. The second-order valence-electron chi connectivity index (χ2n) is 5.65. The molecule has 24 heavy (non-hydrogen) atoms. The molecule has 0 aliphatic heterocycles. The van der Waals surface area contributed by atoms with Crippen LogP contribution in [0.3, 0.4) is 0 Å². The van der Waals surface area contributed by atoms with E-state index in [4.69, 9.17) is 5.11 Å². The number of carboxylic acid groups (broad SMARTS) is 1. The summed E-state index contributed by atoms with van der Waals surface area (Å²) in [6.07, 6.45) is 1.25. The van der Waals surface area contributed by atoms with Crippen LogP contribution in [0.2, 0.25) is 0 Å². The number of fused-ring (bicyclic) bond motifs is 1. The Labute approximate surface area is 144 Å². The van der Waals surface area contributed by atoms with E-state index in [1.807, 2.05) is 18.2 Å². The standard InChI is InChI=1S/C18H19N3O2S/c1-12-10-14-17(19-11-13-6-3-2-4-7-13)20-15(21-18(14)24-12)8-5-9-16(22)23/h2-4,6-7,10H,5,8-9,11H2,1H3,(H,22,23)(H,19,20,21). The minimum absolute atomic E-state index is 0.137. The second kappa shape index (κ2) is 7.40. The molecular formula is C18H19N3O2S. The highest BCUT2D eigenvalue weighted by atomic mass is 32.1. The first kappa shape index (κ1) is 16.4. The van der Waals surface area contributed by atoms with Gasteiger partial charge in [0.2, 0.25) is 0 Å². The number of aliphatic carboxylic acids is 1. The average molecular weight is 341 g/mol. The number of rotatable bonds is 7. The zero-order chi connectivity index (χ0) is 16.9. The molecule has 5 nitrogen and oxygen atoms in total. The quantitative estimate of drug-likeness (QED) is 0.679. The fraction of sp³-hybridized carbons (Fsp3) is 0.278. The van der Waals surface area contributed by atoms with Crippen molar-refractivity contribution in [2.45, 2.75) is 32.7 Å². The highest BCUT2D eigenvalue weighted by molar-refractivity contribution is 7.18. The lowest BCUT2D eigenvalue weighted by Crippen LogP contribution is -2.05. The molecule has 2 aromatic heterocycles. The number of carboxylic acids is 1. The molecule has 0 saturated carbocycles. The van der Waals surface area contributed by atoms with Crippen LogP contribution in [-0.2, 0) is 17.8 Å². The van der Waals surface area contributed by atoms with Crippen LogP contribution in [0.15, 0.2) is 36.4 Å². The predicted molar refractivity (Wildman–Crippen MR) is 96.5 cm³/mol. The van der Waals surface area contributed by atoms with Crippen molar-refractivity contribution in [2.24, 2.45) is 0 Å². The van der Waals surface area contributed by atoms with Gasteiger partial charge in [-0.15, -0.1) is 11.3 Å². The van der Waals surface area contributed by atoms with Crippen LogP contribution >= 0.6 is 11.3 Å². The van der Waals surface area contributed by atoms with Gasteiger partial charge < -0.3 is 10.4 Å². The summed E-state index contributed by atoms with van der Waals surface area (Å²) >= 11 is 1.63. The molecule has 0 aliphatic rings. The maximum Gasteiger partial charge on any atom is 0.303 e. The van der Waals surface area contributed by atoms with Crippen molar-refractivity contribution in [3.8, 4) is 0 Å². The lowest BCUT2D eigenvalue weighted by Gasteiger charge is -2.09. The smallest absolute Gasteiger partial charge is 0.303 e. The van der Waals surface area contributed by atoms with E-state index in [9.17, 15) is 4.79 Å². The van der Waals surface area contributed by atoms with Gasteiger partial charge in [0.25, 0.3) is 0 Å². The van der Waals surface area contributed by atoms with E-state index in [0.717, 1.165) is 16.0 Å². The monoisotopic (exact) mass is 341 g/mol. The summed E-state index contributed by atoms with van der Waals surface area (Å²) in [5.41, 5.74) is 1.18. The van der Waals surface area contributed by atoms with Crippen molar-refractivity contribution >= 4 is 33.3 Å². The molecule has 0 atom stereocenters. The van der Waals surface area contributed by atoms with E-state index >= 15 is 0 Å². The van der Waals surface area contributed by atoms with Crippen molar-refractivity contribution in [3.05, 3.63) is 52.7 Å². The molecule has 6 heteroatoms. The minimum atomic E-state index is -0.787. The number of hydrogen-bond donors (Lipinski definition) is 2. The van der Waals surface area contributed by atoms with Crippen LogP contribution in [0.1, 0.15) is 29.1 Å². The average Bonchev–Trinajstić information content (AvgIpc) is 2.93. The van der Waals surface area contributed by atoms with Crippen molar-refractivity contribution in [2.75, 3.05) is 5.32 Å². The maximum absolute atomic E-state index is 10.7. The van der Waals surface area contributed by atoms with Gasteiger partial charge >= 0.3 is 5.97 Å². The normalized spacial score (nSPS) is 10.9. The first-order valence-electron chi connectivity index (χ1n) is 7.88. The Kier molecular flexibility index (Phi) is 5.05. The molecular weight excluding hydrogens is 322 g/mol. The number of anilines is 1. The highest BCUT2D eigenvalue weighted by Gasteiger charge is 2.11. The van der Waals surface area contributed by atoms with Gasteiger partial charge in [-0.25, -0.2) is 9.97 Å². The van der Waals surface area contributed by atoms with Crippen molar-refractivity contribution in [3.63, 3.8) is 0 Å². The molecule has 124 valence electrons. The number of nitrogens with one attached hydrogen (secondary N) is 1. The molecule has 0 radical (unpaired) electrons. The van der Waals surface area contributed by atoms with E-state index in [0.29, 0.717) is 25.2 Å². The molecule has 0 aliphatic carbocycles. The minimum Gasteiger partial charge on any atom is -0.481 e. The third-order valence-electron chi connectivity index (χ3n) is 3.66. The van der Waals surface area contributed by atoms with Crippen molar-refractivity contribution in [1.82, 2.24) is 9.97 Å². The van der Waals surface area contributed by atoms with Crippen LogP contribution < -0.4 is 5.32 Å². The predicted octanol–water partition coefficient (Wildman–Crippen LogP) is 4.02. The van der Waals surface area contributed by atoms with Gasteiger partial charge in [0, 0.05) is 24.3 Å². The molecule has 3 aromatic rings. The van der Waals surface area contributed by atoms with Gasteiger partial charge in [-0.2, -0.15) is 0 Å². The summed E-state index contributed by atoms with van der Waals surface area (Å²) in [6, 6.07) is 12.2. The van der Waals surface area contributed by atoms with E-state index in [2.05, 4.69) is 40.4 Å². The number of benzene rings is 1. The van der Waals surface area contributed by atoms with Gasteiger partial charge in [-0.05, 0) is 25.0 Å². The summed E-state index contributed by atoms with van der Waals surface area (Å²) in [5.74, 6) is 0.727.